The summed E-state index contributed by atoms with van der Waals surface area (Å²) >= 11 is 1.84. The minimum absolute atomic E-state index is 0.647. The topological polar surface area (TPSA) is 12.0 Å². The Bertz CT molecular complexity index is 177. The van der Waals surface area contributed by atoms with E-state index in [-0.39, 0.29) is 0 Å². The molecule has 0 aliphatic rings. The van der Waals surface area contributed by atoms with E-state index in [2.05, 4.69) is 29.8 Å². The number of thiophene rings is 1. The van der Waals surface area contributed by atoms with Crippen LogP contribution in [0.5, 0.6) is 0 Å². The van der Waals surface area contributed by atoms with Gasteiger partial charge in [0.05, 0.1) is 0 Å². The Hall–Kier alpha value is -0.340. The monoisotopic (exact) mass is 169 g/mol. The highest BCUT2D eigenvalue weighted by Gasteiger charge is 2.03. The van der Waals surface area contributed by atoms with Crippen molar-refractivity contribution in [3.63, 3.8) is 0 Å². The lowest BCUT2D eigenvalue weighted by atomic mass is 10.1. The Labute approximate surface area is 72.4 Å². The summed E-state index contributed by atoms with van der Waals surface area (Å²) in [7, 11) is 2.03. The lowest BCUT2D eigenvalue weighted by Crippen LogP contribution is -2.25. The minimum Gasteiger partial charge on any atom is -0.317 e. The van der Waals surface area contributed by atoms with Crippen LogP contribution in [0.25, 0.3) is 0 Å². The Morgan fingerprint density at radius 3 is 2.91 bits per heavy atom. The van der Waals surface area contributed by atoms with Gasteiger partial charge in [0, 0.05) is 10.9 Å². The molecule has 1 aromatic heterocycles. The van der Waals surface area contributed by atoms with Crippen LogP contribution in [0, 0.1) is 0 Å². The molecule has 0 amide bonds. The summed E-state index contributed by atoms with van der Waals surface area (Å²) in [5, 5.41) is 5.43. The van der Waals surface area contributed by atoms with Gasteiger partial charge in [0.15, 0.2) is 0 Å². The highest BCUT2D eigenvalue weighted by Crippen LogP contribution is 2.11. The number of rotatable bonds is 4. The van der Waals surface area contributed by atoms with Crippen molar-refractivity contribution in [1.82, 2.24) is 5.32 Å². The number of nitrogens with one attached hydrogen (secondary N) is 1. The van der Waals surface area contributed by atoms with Crippen LogP contribution in [0.4, 0.5) is 0 Å². The molecule has 1 unspecified atom stereocenters. The van der Waals surface area contributed by atoms with Gasteiger partial charge in [-0.05, 0) is 31.3 Å². The smallest absolute Gasteiger partial charge is 0.0110 e. The molecule has 62 valence electrons. The van der Waals surface area contributed by atoms with Crippen LogP contribution in [0.3, 0.4) is 0 Å². The quantitative estimate of drug-likeness (QED) is 0.729. The van der Waals surface area contributed by atoms with E-state index in [1.807, 2.05) is 18.4 Å². The third kappa shape index (κ3) is 2.64. The van der Waals surface area contributed by atoms with Gasteiger partial charge >= 0.3 is 0 Å². The molecular weight excluding hydrogens is 154 g/mol. The first kappa shape index (κ1) is 8.75. The summed E-state index contributed by atoms with van der Waals surface area (Å²) in [5.41, 5.74) is 0. The van der Waals surface area contributed by atoms with Gasteiger partial charge in [-0.2, -0.15) is 0 Å². The fraction of sp³-hybridized carbons (Fsp3) is 0.556. The molecule has 2 heteroatoms. The molecule has 0 fully saturated rings. The number of likely N-dealkylation sites (N-methyl/N-ethyl adjacent to an activating group) is 1. The zero-order chi connectivity index (χ0) is 8.10. The van der Waals surface area contributed by atoms with E-state index in [1.54, 1.807) is 0 Å². The second-order valence-corrected chi connectivity index (χ2v) is 3.71. The molecule has 1 rings (SSSR count). The molecule has 0 saturated heterocycles. The predicted molar refractivity (Wildman–Crippen MR) is 51.2 cm³/mol. The standard InChI is InChI=1S/C9H15NS/c1-3-8(10-2)7-9-5-4-6-11-9/h4-6,8,10H,3,7H2,1-2H3. The lowest BCUT2D eigenvalue weighted by Gasteiger charge is -2.11. The van der Waals surface area contributed by atoms with Crippen LogP contribution in [0.1, 0.15) is 18.2 Å². The maximum absolute atomic E-state index is 3.30. The summed E-state index contributed by atoms with van der Waals surface area (Å²) in [6.07, 6.45) is 2.37. The minimum atomic E-state index is 0.647. The van der Waals surface area contributed by atoms with Crippen LogP contribution < -0.4 is 5.32 Å². The van der Waals surface area contributed by atoms with Crippen molar-refractivity contribution in [3.8, 4) is 0 Å². The van der Waals surface area contributed by atoms with E-state index in [9.17, 15) is 0 Å². The van der Waals surface area contributed by atoms with Gasteiger partial charge in [0.25, 0.3) is 0 Å². The maximum Gasteiger partial charge on any atom is 0.0110 e. The average Bonchev–Trinajstić information content (AvgIpc) is 2.52. The van der Waals surface area contributed by atoms with Crippen molar-refractivity contribution in [1.29, 1.82) is 0 Å². The van der Waals surface area contributed by atoms with Gasteiger partial charge in [-0.3, -0.25) is 0 Å². The first-order valence-electron chi connectivity index (χ1n) is 4.06. The number of hydrogen-bond donors (Lipinski definition) is 1. The summed E-state index contributed by atoms with van der Waals surface area (Å²) in [6, 6.07) is 4.96. The second kappa shape index (κ2) is 4.52. The van der Waals surface area contributed by atoms with Gasteiger partial charge in [-0.25, -0.2) is 0 Å². The SMILES string of the molecule is CCC(Cc1cccs1)NC. The first-order valence-corrected chi connectivity index (χ1v) is 4.94. The third-order valence-electron chi connectivity index (χ3n) is 1.93. The highest BCUT2D eigenvalue weighted by atomic mass is 32.1. The molecule has 0 aromatic carbocycles. The molecule has 11 heavy (non-hydrogen) atoms. The van der Waals surface area contributed by atoms with Crippen LogP contribution >= 0.6 is 11.3 Å². The van der Waals surface area contributed by atoms with Crippen molar-refractivity contribution >= 4 is 11.3 Å². The van der Waals surface area contributed by atoms with Crippen LogP contribution in [-0.4, -0.2) is 13.1 Å². The lowest BCUT2D eigenvalue weighted by molar-refractivity contribution is 0.547. The molecule has 0 saturated carbocycles. The third-order valence-corrected chi connectivity index (χ3v) is 2.83. The van der Waals surface area contributed by atoms with E-state index in [0.717, 1.165) is 0 Å². The first-order chi connectivity index (χ1) is 5.36. The van der Waals surface area contributed by atoms with Crippen LogP contribution in [0.2, 0.25) is 0 Å². The summed E-state index contributed by atoms with van der Waals surface area (Å²) in [5.74, 6) is 0. The van der Waals surface area contributed by atoms with Gasteiger partial charge in [-0.1, -0.05) is 13.0 Å². The molecule has 0 bridgehead atoms. The van der Waals surface area contributed by atoms with E-state index in [1.165, 1.54) is 17.7 Å². The molecule has 1 N–H and O–H groups in total. The maximum atomic E-state index is 3.30. The number of hydrogen-bond acceptors (Lipinski definition) is 2. The Kier molecular flexibility index (Phi) is 3.60. The summed E-state index contributed by atoms with van der Waals surface area (Å²) in [6.45, 7) is 2.22. The zero-order valence-electron chi connectivity index (χ0n) is 7.13. The molecule has 0 radical (unpaired) electrons. The van der Waals surface area contributed by atoms with Gasteiger partial charge in [0.2, 0.25) is 0 Å². The Morgan fingerprint density at radius 1 is 1.64 bits per heavy atom. The molecule has 0 spiro atoms. The predicted octanol–water partition coefficient (Wildman–Crippen LogP) is 2.29. The van der Waals surface area contributed by atoms with E-state index in [0.29, 0.717) is 6.04 Å². The van der Waals surface area contributed by atoms with E-state index < -0.39 is 0 Å². The molecular formula is C9H15NS. The summed E-state index contributed by atoms with van der Waals surface area (Å²) in [4.78, 5) is 1.48. The zero-order valence-corrected chi connectivity index (χ0v) is 7.95. The Morgan fingerprint density at radius 2 is 2.45 bits per heavy atom. The fourth-order valence-corrected chi connectivity index (χ4v) is 1.91. The molecule has 1 atom stereocenters. The van der Waals surface area contributed by atoms with Crippen molar-refractivity contribution < 1.29 is 0 Å². The molecule has 1 aromatic rings. The molecule has 0 aliphatic carbocycles. The van der Waals surface area contributed by atoms with Crippen molar-refractivity contribution in [2.75, 3.05) is 7.05 Å². The van der Waals surface area contributed by atoms with Crippen molar-refractivity contribution in [2.24, 2.45) is 0 Å². The highest BCUT2D eigenvalue weighted by molar-refractivity contribution is 7.09. The fourth-order valence-electron chi connectivity index (χ4n) is 1.12. The largest absolute Gasteiger partial charge is 0.317 e. The van der Waals surface area contributed by atoms with E-state index >= 15 is 0 Å². The summed E-state index contributed by atoms with van der Waals surface area (Å²) < 4.78 is 0. The normalized spacial score (nSPS) is 13.3. The van der Waals surface area contributed by atoms with Crippen LogP contribution in [0.15, 0.2) is 17.5 Å². The van der Waals surface area contributed by atoms with Gasteiger partial charge in [-0.15, -0.1) is 11.3 Å². The van der Waals surface area contributed by atoms with Crippen LogP contribution in [-0.2, 0) is 6.42 Å². The molecule has 0 aliphatic heterocycles. The van der Waals surface area contributed by atoms with E-state index in [4.69, 9.17) is 0 Å². The second-order valence-electron chi connectivity index (χ2n) is 2.68. The average molecular weight is 169 g/mol. The molecule has 1 heterocycles. The van der Waals surface area contributed by atoms with Gasteiger partial charge in [0.1, 0.15) is 0 Å². The van der Waals surface area contributed by atoms with Gasteiger partial charge < -0.3 is 5.32 Å². The van der Waals surface area contributed by atoms with Crippen molar-refractivity contribution in [3.05, 3.63) is 22.4 Å². The van der Waals surface area contributed by atoms with Crippen molar-refractivity contribution in [2.45, 2.75) is 25.8 Å². The molecule has 1 nitrogen and oxygen atoms in total. The Balaban J connectivity index is 2.41.